The van der Waals surface area contributed by atoms with Gasteiger partial charge in [0.25, 0.3) is 0 Å². The molecule has 0 spiro atoms. The van der Waals surface area contributed by atoms with Crippen LogP contribution in [-0.2, 0) is 9.53 Å². The first-order valence-electron chi connectivity index (χ1n) is 9.53. The van der Waals surface area contributed by atoms with Crippen molar-refractivity contribution in [2.75, 3.05) is 40.0 Å². The van der Waals surface area contributed by atoms with Gasteiger partial charge >= 0.3 is 0 Å². The van der Waals surface area contributed by atoms with Gasteiger partial charge in [-0.3, -0.25) is 4.79 Å². The summed E-state index contributed by atoms with van der Waals surface area (Å²) >= 11 is 0. The Labute approximate surface area is 156 Å². The lowest BCUT2D eigenvalue weighted by Gasteiger charge is -2.22. The van der Waals surface area contributed by atoms with Gasteiger partial charge < -0.3 is 19.1 Å². The van der Waals surface area contributed by atoms with Crippen LogP contribution in [0.5, 0.6) is 11.5 Å². The van der Waals surface area contributed by atoms with Crippen molar-refractivity contribution in [1.29, 1.82) is 0 Å². The third-order valence-corrected chi connectivity index (χ3v) is 4.56. The fourth-order valence-corrected chi connectivity index (χ4v) is 2.92. The molecule has 1 amide bonds. The first kappa shape index (κ1) is 20.3. The predicted molar refractivity (Wildman–Crippen MR) is 104 cm³/mol. The minimum Gasteiger partial charge on any atom is -0.493 e. The molecule has 1 aliphatic heterocycles. The SMILES string of the molecule is CCCCOc1ccc(/C=C/C(=O)N(CC)CC2CCOC2)cc1OC. The van der Waals surface area contributed by atoms with Crippen LogP contribution in [0.3, 0.4) is 0 Å². The molecule has 1 aromatic carbocycles. The first-order chi connectivity index (χ1) is 12.7. The van der Waals surface area contributed by atoms with Gasteiger partial charge in [0, 0.05) is 31.7 Å². The minimum absolute atomic E-state index is 0.0293. The molecule has 5 heteroatoms. The molecule has 26 heavy (non-hydrogen) atoms. The van der Waals surface area contributed by atoms with E-state index in [1.54, 1.807) is 13.2 Å². The van der Waals surface area contributed by atoms with Gasteiger partial charge in [-0.2, -0.15) is 0 Å². The summed E-state index contributed by atoms with van der Waals surface area (Å²) in [7, 11) is 1.63. The Morgan fingerprint density at radius 2 is 2.19 bits per heavy atom. The van der Waals surface area contributed by atoms with Crippen molar-refractivity contribution in [1.82, 2.24) is 4.90 Å². The Morgan fingerprint density at radius 3 is 2.85 bits per heavy atom. The molecule has 1 atom stereocenters. The van der Waals surface area contributed by atoms with Crippen LogP contribution in [0.1, 0.15) is 38.7 Å². The Balaban J connectivity index is 1.97. The smallest absolute Gasteiger partial charge is 0.246 e. The lowest BCUT2D eigenvalue weighted by molar-refractivity contribution is -0.126. The topological polar surface area (TPSA) is 48.0 Å². The van der Waals surface area contributed by atoms with Crippen molar-refractivity contribution in [3.63, 3.8) is 0 Å². The molecule has 1 heterocycles. The third kappa shape index (κ3) is 6.06. The molecule has 1 fully saturated rings. The molecule has 0 N–H and O–H groups in total. The number of hydrogen-bond acceptors (Lipinski definition) is 4. The largest absolute Gasteiger partial charge is 0.493 e. The number of ether oxygens (including phenoxy) is 3. The van der Waals surface area contributed by atoms with Crippen molar-refractivity contribution in [3.8, 4) is 11.5 Å². The number of methoxy groups -OCH3 is 1. The van der Waals surface area contributed by atoms with E-state index in [-0.39, 0.29) is 5.91 Å². The van der Waals surface area contributed by atoms with E-state index in [0.717, 1.165) is 50.3 Å². The average molecular weight is 361 g/mol. The summed E-state index contributed by atoms with van der Waals surface area (Å²) < 4.78 is 16.6. The summed E-state index contributed by atoms with van der Waals surface area (Å²) in [6, 6.07) is 5.73. The number of carbonyl (C=O) groups excluding carboxylic acids is 1. The highest BCUT2D eigenvalue weighted by Gasteiger charge is 2.20. The maximum atomic E-state index is 12.5. The molecule has 2 rings (SSSR count). The second kappa shape index (κ2) is 10.9. The monoisotopic (exact) mass is 361 g/mol. The molecule has 5 nitrogen and oxygen atoms in total. The van der Waals surface area contributed by atoms with Crippen LogP contribution in [0.4, 0.5) is 0 Å². The normalized spacial score (nSPS) is 16.8. The van der Waals surface area contributed by atoms with E-state index < -0.39 is 0 Å². The van der Waals surface area contributed by atoms with Crippen LogP contribution < -0.4 is 9.47 Å². The highest BCUT2D eigenvalue weighted by atomic mass is 16.5. The maximum absolute atomic E-state index is 12.5. The quantitative estimate of drug-likeness (QED) is 0.470. The maximum Gasteiger partial charge on any atom is 0.246 e. The Bertz CT molecular complexity index is 594. The zero-order chi connectivity index (χ0) is 18.8. The van der Waals surface area contributed by atoms with Crippen LogP contribution in [0, 0.1) is 5.92 Å². The third-order valence-electron chi connectivity index (χ3n) is 4.56. The van der Waals surface area contributed by atoms with Crippen LogP contribution in [-0.4, -0.2) is 50.8 Å². The molecule has 0 bridgehead atoms. The van der Waals surface area contributed by atoms with E-state index in [1.165, 1.54) is 0 Å². The second-order valence-electron chi connectivity index (χ2n) is 6.55. The van der Waals surface area contributed by atoms with Gasteiger partial charge in [0.1, 0.15) is 0 Å². The van der Waals surface area contributed by atoms with Gasteiger partial charge in [0.2, 0.25) is 5.91 Å². The van der Waals surface area contributed by atoms with Crippen molar-refractivity contribution >= 4 is 12.0 Å². The van der Waals surface area contributed by atoms with E-state index in [2.05, 4.69) is 6.92 Å². The number of amides is 1. The van der Waals surface area contributed by atoms with E-state index in [0.29, 0.717) is 24.8 Å². The van der Waals surface area contributed by atoms with Crippen molar-refractivity contribution in [2.24, 2.45) is 5.92 Å². The highest BCUT2D eigenvalue weighted by Crippen LogP contribution is 2.28. The number of hydrogen-bond donors (Lipinski definition) is 0. The summed E-state index contributed by atoms with van der Waals surface area (Å²) in [6.45, 7) is 7.83. The zero-order valence-electron chi connectivity index (χ0n) is 16.2. The zero-order valence-corrected chi connectivity index (χ0v) is 16.2. The van der Waals surface area contributed by atoms with Crippen molar-refractivity contribution in [3.05, 3.63) is 29.8 Å². The summed E-state index contributed by atoms with van der Waals surface area (Å²) in [4.78, 5) is 14.3. The molecule has 1 unspecified atom stereocenters. The number of nitrogens with zero attached hydrogens (tertiary/aromatic N) is 1. The Morgan fingerprint density at radius 1 is 1.35 bits per heavy atom. The first-order valence-corrected chi connectivity index (χ1v) is 9.53. The fourth-order valence-electron chi connectivity index (χ4n) is 2.92. The molecule has 1 aliphatic rings. The number of benzene rings is 1. The van der Waals surface area contributed by atoms with Crippen LogP contribution >= 0.6 is 0 Å². The minimum atomic E-state index is 0.0293. The Hall–Kier alpha value is -2.01. The van der Waals surface area contributed by atoms with Gasteiger partial charge in [-0.15, -0.1) is 0 Å². The van der Waals surface area contributed by atoms with Gasteiger partial charge in [-0.05, 0) is 43.5 Å². The van der Waals surface area contributed by atoms with Gasteiger partial charge in [0.05, 0.1) is 20.3 Å². The van der Waals surface area contributed by atoms with Crippen molar-refractivity contribution in [2.45, 2.75) is 33.1 Å². The fraction of sp³-hybridized carbons (Fsp3) is 0.571. The lowest BCUT2D eigenvalue weighted by Crippen LogP contribution is -2.34. The van der Waals surface area contributed by atoms with E-state index in [1.807, 2.05) is 36.1 Å². The molecule has 144 valence electrons. The summed E-state index contributed by atoms with van der Waals surface area (Å²) in [5.41, 5.74) is 0.915. The van der Waals surface area contributed by atoms with Gasteiger partial charge in [-0.1, -0.05) is 19.4 Å². The molecule has 0 saturated carbocycles. The predicted octanol–water partition coefficient (Wildman–Crippen LogP) is 3.77. The summed E-state index contributed by atoms with van der Waals surface area (Å²) in [6.07, 6.45) is 6.59. The molecule has 0 aliphatic carbocycles. The van der Waals surface area contributed by atoms with Crippen molar-refractivity contribution < 1.29 is 19.0 Å². The molecule has 1 saturated heterocycles. The molecule has 0 aromatic heterocycles. The standard InChI is InChI=1S/C21H31NO4/c1-4-6-12-26-19-9-7-17(14-20(19)24-3)8-10-21(23)22(5-2)15-18-11-13-25-16-18/h7-10,14,18H,4-6,11-13,15-16H2,1-3H3/b10-8+. The van der Waals surface area contributed by atoms with E-state index in [9.17, 15) is 4.79 Å². The number of rotatable bonds is 10. The van der Waals surface area contributed by atoms with E-state index >= 15 is 0 Å². The number of likely N-dealkylation sites (N-methyl/N-ethyl adjacent to an activating group) is 1. The summed E-state index contributed by atoms with van der Waals surface area (Å²) in [5.74, 6) is 1.90. The van der Waals surface area contributed by atoms with E-state index in [4.69, 9.17) is 14.2 Å². The van der Waals surface area contributed by atoms with Crippen LogP contribution in [0.15, 0.2) is 24.3 Å². The van der Waals surface area contributed by atoms with Gasteiger partial charge in [0.15, 0.2) is 11.5 Å². The van der Waals surface area contributed by atoms with Crippen LogP contribution in [0.2, 0.25) is 0 Å². The molecule has 0 radical (unpaired) electrons. The average Bonchev–Trinajstić information content (AvgIpc) is 3.18. The summed E-state index contributed by atoms with van der Waals surface area (Å²) in [5, 5.41) is 0. The van der Waals surface area contributed by atoms with Crippen LogP contribution in [0.25, 0.3) is 6.08 Å². The molecular formula is C21H31NO4. The van der Waals surface area contributed by atoms with Gasteiger partial charge in [-0.25, -0.2) is 0 Å². The number of unbranched alkanes of at least 4 members (excludes halogenated alkanes) is 1. The second-order valence-corrected chi connectivity index (χ2v) is 6.55. The molecular weight excluding hydrogens is 330 g/mol. The number of carbonyl (C=O) groups is 1. The molecule has 1 aromatic rings. The Kier molecular flexibility index (Phi) is 8.48. The lowest BCUT2D eigenvalue weighted by atomic mass is 10.1. The highest BCUT2D eigenvalue weighted by molar-refractivity contribution is 5.91.